The van der Waals surface area contributed by atoms with Crippen molar-refractivity contribution in [3.63, 3.8) is 0 Å². The van der Waals surface area contributed by atoms with Crippen molar-refractivity contribution in [3.8, 4) is 5.75 Å². The summed E-state index contributed by atoms with van der Waals surface area (Å²) in [5, 5.41) is 6.45. The molecule has 5 heteroatoms. The maximum Gasteiger partial charge on any atom is 0.234 e. The Morgan fingerprint density at radius 3 is 2.10 bits per heavy atom. The first-order valence-electron chi connectivity index (χ1n) is 9.54. The molecule has 3 aromatic carbocycles. The summed E-state index contributed by atoms with van der Waals surface area (Å²) < 4.78 is 6.28. The fraction of sp³-hybridized carbons (Fsp3) is 0.208. The normalized spacial score (nSPS) is 12.8. The van der Waals surface area contributed by atoms with Crippen molar-refractivity contribution in [1.82, 2.24) is 10.6 Å². The number of carbonyl (C=O) groups is 1. The molecule has 29 heavy (non-hydrogen) atoms. The lowest BCUT2D eigenvalue weighted by Crippen LogP contribution is -2.37. The first-order valence-corrected chi connectivity index (χ1v) is 10.3. The van der Waals surface area contributed by atoms with Crippen LogP contribution in [0.1, 0.15) is 35.7 Å². The molecule has 150 valence electrons. The van der Waals surface area contributed by atoms with E-state index in [0.29, 0.717) is 0 Å². The average Bonchev–Trinajstić information content (AvgIpc) is 2.75. The van der Waals surface area contributed by atoms with Gasteiger partial charge in [0.05, 0.1) is 25.7 Å². The molecule has 0 saturated carbocycles. The zero-order valence-electron chi connectivity index (χ0n) is 16.6. The van der Waals surface area contributed by atoms with Crippen LogP contribution in [0, 0.1) is 0 Å². The van der Waals surface area contributed by atoms with Crippen molar-refractivity contribution < 1.29 is 9.53 Å². The molecule has 0 heterocycles. The zero-order chi connectivity index (χ0) is 20.6. The predicted octanol–water partition coefficient (Wildman–Crippen LogP) is 5.01. The second-order valence-corrected chi connectivity index (χ2v) is 7.75. The molecule has 0 saturated heterocycles. The minimum Gasteiger partial charge on any atom is -0.497 e. The van der Waals surface area contributed by atoms with Gasteiger partial charge in [0, 0.05) is 4.47 Å². The highest BCUT2D eigenvalue weighted by Crippen LogP contribution is 2.24. The number of nitrogens with one attached hydrogen (secondary N) is 2. The van der Waals surface area contributed by atoms with Gasteiger partial charge < -0.3 is 10.1 Å². The molecule has 0 radical (unpaired) electrons. The lowest BCUT2D eigenvalue weighted by atomic mass is 9.98. The van der Waals surface area contributed by atoms with Gasteiger partial charge in [-0.05, 0) is 47.9 Å². The van der Waals surface area contributed by atoms with Gasteiger partial charge in [-0.15, -0.1) is 0 Å². The Bertz CT molecular complexity index is 912. The molecule has 0 spiro atoms. The van der Waals surface area contributed by atoms with Crippen molar-refractivity contribution in [3.05, 3.63) is 100 Å². The van der Waals surface area contributed by atoms with Gasteiger partial charge >= 0.3 is 0 Å². The minimum absolute atomic E-state index is 0.0464. The monoisotopic (exact) mass is 452 g/mol. The first kappa shape index (κ1) is 21.1. The van der Waals surface area contributed by atoms with E-state index < -0.39 is 0 Å². The highest BCUT2D eigenvalue weighted by atomic mass is 79.9. The van der Waals surface area contributed by atoms with Gasteiger partial charge in [-0.25, -0.2) is 0 Å². The van der Waals surface area contributed by atoms with Crippen LogP contribution in [0.4, 0.5) is 0 Å². The van der Waals surface area contributed by atoms with Gasteiger partial charge in [0.2, 0.25) is 5.91 Å². The Labute approximate surface area is 180 Å². The summed E-state index contributed by atoms with van der Waals surface area (Å²) in [6.07, 6.45) is 0. The third-order valence-electron chi connectivity index (χ3n) is 4.80. The van der Waals surface area contributed by atoms with Crippen molar-refractivity contribution in [2.45, 2.75) is 19.0 Å². The second kappa shape index (κ2) is 10.2. The van der Waals surface area contributed by atoms with Gasteiger partial charge in [-0.1, -0.05) is 70.5 Å². The van der Waals surface area contributed by atoms with E-state index in [-0.39, 0.29) is 24.5 Å². The van der Waals surface area contributed by atoms with E-state index in [0.717, 1.165) is 26.9 Å². The average molecular weight is 453 g/mol. The van der Waals surface area contributed by atoms with Crippen LogP contribution in [0.2, 0.25) is 0 Å². The molecule has 2 N–H and O–H groups in total. The highest BCUT2D eigenvalue weighted by molar-refractivity contribution is 9.10. The maximum atomic E-state index is 12.6. The number of ether oxygens (including phenoxy) is 1. The third-order valence-corrected chi connectivity index (χ3v) is 5.32. The van der Waals surface area contributed by atoms with Crippen LogP contribution in [-0.4, -0.2) is 19.6 Å². The van der Waals surface area contributed by atoms with Crippen molar-refractivity contribution in [2.24, 2.45) is 0 Å². The SMILES string of the molecule is COc1ccc([C@H](NCC(=O)N[C@H](C)c2ccc(Br)cc2)c2ccccc2)cc1. The van der Waals surface area contributed by atoms with E-state index in [2.05, 4.69) is 38.7 Å². The first-order chi connectivity index (χ1) is 14.1. The Balaban J connectivity index is 1.67. The molecule has 2 atom stereocenters. The van der Waals surface area contributed by atoms with E-state index in [9.17, 15) is 4.79 Å². The van der Waals surface area contributed by atoms with E-state index in [1.807, 2.05) is 73.7 Å². The Kier molecular flexibility index (Phi) is 7.44. The molecule has 1 amide bonds. The summed E-state index contributed by atoms with van der Waals surface area (Å²) >= 11 is 3.43. The van der Waals surface area contributed by atoms with Crippen molar-refractivity contribution in [1.29, 1.82) is 0 Å². The van der Waals surface area contributed by atoms with Crippen molar-refractivity contribution in [2.75, 3.05) is 13.7 Å². The molecule has 3 aromatic rings. The minimum atomic E-state index is -0.0872. The van der Waals surface area contributed by atoms with Crippen LogP contribution < -0.4 is 15.4 Å². The molecule has 4 nitrogen and oxygen atoms in total. The summed E-state index contributed by atoms with van der Waals surface area (Å²) in [5.74, 6) is 0.761. The molecule has 3 rings (SSSR count). The van der Waals surface area contributed by atoms with E-state index in [1.54, 1.807) is 7.11 Å². The number of halogens is 1. The number of hydrogen-bond acceptors (Lipinski definition) is 3. The van der Waals surface area contributed by atoms with Gasteiger partial charge in [0.25, 0.3) is 0 Å². The largest absolute Gasteiger partial charge is 0.497 e. The Morgan fingerprint density at radius 2 is 1.48 bits per heavy atom. The van der Waals surface area contributed by atoms with Crippen LogP contribution in [-0.2, 0) is 4.79 Å². The molecular weight excluding hydrogens is 428 g/mol. The smallest absolute Gasteiger partial charge is 0.234 e. The van der Waals surface area contributed by atoms with Crippen LogP contribution in [0.25, 0.3) is 0 Å². The molecule has 0 bridgehead atoms. The lowest BCUT2D eigenvalue weighted by Gasteiger charge is -2.21. The van der Waals surface area contributed by atoms with Crippen LogP contribution >= 0.6 is 15.9 Å². The summed E-state index contributed by atoms with van der Waals surface area (Å²) in [5.41, 5.74) is 3.24. The molecular formula is C24H25BrN2O2. The number of benzene rings is 3. The lowest BCUT2D eigenvalue weighted by molar-refractivity contribution is -0.121. The number of rotatable bonds is 8. The maximum absolute atomic E-state index is 12.6. The summed E-state index contributed by atoms with van der Waals surface area (Å²) in [6, 6.07) is 25.8. The molecule has 0 aromatic heterocycles. The standard InChI is InChI=1S/C24H25BrN2O2/c1-17(18-8-12-21(25)13-9-18)27-23(28)16-26-24(19-6-4-3-5-7-19)20-10-14-22(29-2)15-11-20/h3-15,17,24,26H,16H2,1-2H3,(H,27,28)/t17-,24-/m1/s1. The van der Waals surface area contributed by atoms with E-state index >= 15 is 0 Å². The summed E-state index contributed by atoms with van der Waals surface area (Å²) in [4.78, 5) is 12.6. The Morgan fingerprint density at radius 1 is 0.897 bits per heavy atom. The second-order valence-electron chi connectivity index (χ2n) is 6.84. The predicted molar refractivity (Wildman–Crippen MR) is 120 cm³/mol. The highest BCUT2D eigenvalue weighted by Gasteiger charge is 2.16. The van der Waals surface area contributed by atoms with Crippen LogP contribution in [0.15, 0.2) is 83.3 Å². The van der Waals surface area contributed by atoms with E-state index in [4.69, 9.17) is 4.74 Å². The van der Waals surface area contributed by atoms with Gasteiger partial charge in [-0.2, -0.15) is 0 Å². The van der Waals surface area contributed by atoms with Crippen LogP contribution in [0.5, 0.6) is 5.75 Å². The molecule has 0 unspecified atom stereocenters. The van der Waals surface area contributed by atoms with Crippen molar-refractivity contribution >= 4 is 21.8 Å². The number of hydrogen-bond donors (Lipinski definition) is 2. The summed E-state index contributed by atoms with van der Waals surface area (Å²) in [6.45, 7) is 2.20. The van der Waals surface area contributed by atoms with Gasteiger partial charge in [-0.3, -0.25) is 10.1 Å². The Hall–Kier alpha value is -2.63. The number of amides is 1. The molecule has 0 aliphatic carbocycles. The van der Waals surface area contributed by atoms with Gasteiger partial charge in [0.15, 0.2) is 0 Å². The molecule has 0 aliphatic rings. The molecule has 0 aliphatic heterocycles. The fourth-order valence-corrected chi connectivity index (χ4v) is 3.46. The van der Waals surface area contributed by atoms with E-state index in [1.165, 1.54) is 0 Å². The number of methoxy groups -OCH3 is 1. The zero-order valence-corrected chi connectivity index (χ0v) is 18.1. The summed E-state index contributed by atoms with van der Waals surface area (Å²) in [7, 11) is 1.65. The van der Waals surface area contributed by atoms with Gasteiger partial charge in [0.1, 0.15) is 5.75 Å². The topological polar surface area (TPSA) is 50.4 Å². The molecule has 0 fully saturated rings. The third kappa shape index (κ3) is 5.92. The quantitative estimate of drug-likeness (QED) is 0.504. The number of carbonyl (C=O) groups excluding carboxylic acids is 1. The van der Waals surface area contributed by atoms with Crippen LogP contribution in [0.3, 0.4) is 0 Å². The fourth-order valence-electron chi connectivity index (χ4n) is 3.19.